The van der Waals surface area contributed by atoms with Gasteiger partial charge >= 0.3 is 0 Å². The molecule has 2 rings (SSSR count). The summed E-state index contributed by atoms with van der Waals surface area (Å²) in [5.74, 6) is 0.343. The van der Waals surface area contributed by atoms with Gasteiger partial charge in [-0.1, -0.05) is 42.0 Å². The van der Waals surface area contributed by atoms with Crippen molar-refractivity contribution in [2.45, 2.75) is 26.2 Å². The van der Waals surface area contributed by atoms with Crippen LogP contribution >= 0.6 is 0 Å². The van der Waals surface area contributed by atoms with Gasteiger partial charge < -0.3 is 10.4 Å². The maximum atomic E-state index is 11.8. The molecule has 2 N–H and O–H groups in total. The normalized spacial score (nSPS) is 10.3. The van der Waals surface area contributed by atoms with Crippen molar-refractivity contribution in [1.29, 1.82) is 0 Å². The molecule has 0 fully saturated rings. The number of phenolic OH excluding ortho intramolecular Hbond substituents is 1. The van der Waals surface area contributed by atoms with E-state index in [9.17, 15) is 9.90 Å². The predicted octanol–water partition coefficient (Wildman–Crippen LogP) is 2.99. The first kappa shape index (κ1) is 15.1. The Hall–Kier alpha value is -2.29. The minimum Gasteiger partial charge on any atom is -0.508 e. The van der Waals surface area contributed by atoms with Gasteiger partial charge in [0.05, 0.1) is 0 Å². The smallest absolute Gasteiger partial charge is 0.220 e. The van der Waals surface area contributed by atoms with E-state index >= 15 is 0 Å². The summed E-state index contributed by atoms with van der Waals surface area (Å²) < 4.78 is 0. The third-order valence-corrected chi connectivity index (χ3v) is 3.43. The summed E-state index contributed by atoms with van der Waals surface area (Å²) >= 11 is 0. The van der Waals surface area contributed by atoms with Crippen molar-refractivity contribution < 1.29 is 9.90 Å². The maximum Gasteiger partial charge on any atom is 0.220 e. The zero-order valence-electron chi connectivity index (χ0n) is 12.3. The van der Waals surface area contributed by atoms with E-state index < -0.39 is 0 Å². The van der Waals surface area contributed by atoms with E-state index in [1.54, 1.807) is 12.1 Å². The molecule has 0 aliphatic heterocycles. The molecular weight excluding hydrogens is 262 g/mol. The van der Waals surface area contributed by atoms with Crippen molar-refractivity contribution in [3.63, 3.8) is 0 Å². The van der Waals surface area contributed by atoms with Gasteiger partial charge in [0.15, 0.2) is 0 Å². The molecule has 1 amide bonds. The van der Waals surface area contributed by atoms with Gasteiger partial charge in [0.25, 0.3) is 0 Å². The molecule has 0 aliphatic carbocycles. The average Bonchev–Trinajstić information content (AvgIpc) is 2.49. The van der Waals surface area contributed by atoms with Crippen LogP contribution in [-0.2, 0) is 17.6 Å². The van der Waals surface area contributed by atoms with Gasteiger partial charge in [0.1, 0.15) is 5.75 Å². The van der Waals surface area contributed by atoms with Gasteiger partial charge in [-0.2, -0.15) is 0 Å². The first-order valence-electron chi connectivity index (χ1n) is 7.23. The number of carbonyl (C=O) groups excluding carboxylic acids is 1. The number of hydrogen-bond acceptors (Lipinski definition) is 2. The molecule has 0 spiro atoms. The topological polar surface area (TPSA) is 49.3 Å². The Morgan fingerprint density at radius 3 is 2.19 bits per heavy atom. The second-order valence-corrected chi connectivity index (χ2v) is 5.25. The number of nitrogens with one attached hydrogen (secondary N) is 1. The van der Waals surface area contributed by atoms with E-state index in [1.807, 2.05) is 12.1 Å². The Kier molecular flexibility index (Phi) is 5.38. The lowest BCUT2D eigenvalue weighted by Crippen LogP contribution is -2.25. The summed E-state index contributed by atoms with van der Waals surface area (Å²) in [5, 5.41) is 12.1. The molecule has 0 heterocycles. The van der Waals surface area contributed by atoms with Crippen LogP contribution in [0.2, 0.25) is 0 Å². The van der Waals surface area contributed by atoms with Gasteiger partial charge in [-0.3, -0.25) is 4.79 Å². The number of benzene rings is 2. The standard InChI is InChI=1S/C18H21NO2/c1-14-2-4-15(5-3-14)8-11-18(21)19-13-12-16-6-9-17(20)10-7-16/h2-7,9-10,20H,8,11-13H2,1H3,(H,19,21). The first-order valence-corrected chi connectivity index (χ1v) is 7.23. The molecule has 0 unspecified atom stereocenters. The van der Waals surface area contributed by atoms with E-state index in [0.29, 0.717) is 13.0 Å². The summed E-state index contributed by atoms with van der Waals surface area (Å²) in [6, 6.07) is 15.3. The highest BCUT2D eigenvalue weighted by molar-refractivity contribution is 5.76. The fraction of sp³-hybridized carbons (Fsp3) is 0.278. The summed E-state index contributed by atoms with van der Waals surface area (Å²) in [4.78, 5) is 11.8. The fourth-order valence-electron chi connectivity index (χ4n) is 2.11. The van der Waals surface area contributed by atoms with Gasteiger partial charge in [-0.05, 0) is 43.0 Å². The maximum absolute atomic E-state index is 11.8. The number of aromatic hydroxyl groups is 1. The van der Waals surface area contributed by atoms with E-state index in [0.717, 1.165) is 18.4 Å². The van der Waals surface area contributed by atoms with E-state index in [1.165, 1.54) is 11.1 Å². The van der Waals surface area contributed by atoms with Crippen LogP contribution < -0.4 is 5.32 Å². The van der Waals surface area contributed by atoms with Crippen LogP contribution in [0.1, 0.15) is 23.1 Å². The number of hydrogen-bond donors (Lipinski definition) is 2. The van der Waals surface area contributed by atoms with Crippen LogP contribution in [0.25, 0.3) is 0 Å². The van der Waals surface area contributed by atoms with E-state index in [4.69, 9.17) is 0 Å². The van der Waals surface area contributed by atoms with Crippen molar-refractivity contribution in [2.24, 2.45) is 0 Å². The zero-order valence-corrected chi connectivity index (χ0v) is 12.3. The monoisotopic (exact) mass is 283 g/mol. The molecule has 21 heavy (non-hydrogen) atoms. The molecule has 0 atom stereocenters. The van der Waals surface area contributed by atoms with Crippen LogP contribution in [0.4, 0.5) is 0 Å². The van der Waals surface area contributed by atoms with Crippen molar-refractivity contribution in [3.8, 4) is 5.75 Å². The Morgan fingerprint density at radius 2 is 1.52 bits per heavy atom. The molecule has 0 aromatic heterocycles. The largest absolute Gasteiger partial charge is 0.508 e. The number of phenols is 1. The highest BCUT2D eigenvalue weighted by Crippen LogP contribution is 2.09. The lowest BCUT2D eigenvalue weighted by molar-refractivity contribution is -0.121. The summed E-state index contributed by atoms with van der Waals surface area (Å²) in [6.45, 7) is 2.68. The fourth-order valence-corrected chi connectivity index (χ4v) is 2.11. The highest BCUT2D eigenvalue weighted by atomic mass is 16.3. The Bertz CT molecular complexity index is 573. The van der Waals surface area contributed by atoms with Gasteiger partial charge in [-0.25, -0.2) is 0 Å². The van der Waals surface area contributed by atoms with Gasteiger partial charge in [-0.15, -0.1) is 0 Å². The number of rotatable bonds is 6. The van der Waals surface area contributed by atoms with Crippen molar-refractivity contribution in [3.05, 3.63) is 65.2 Å². The van der Waals surface area contributed by atoms with Crippen molar-refractivity contribution in [1.82, 2.24) is 5.32 Å². The number of amides is 1. The first-order chi connectivity index (χ1) is 10.1. The van der Waals surface area contributed by atoms with Crippen molar-refractivity contribution >= 4 is 5.91 Å². The Morgan fingerprint density at radius 1 is 0.952 bits per heavy atom. The van der Waals surface area contributed by atoms with Crippen LogP contribution in [-0.4, -0.2) is 17.6 Å². The van der Waals surface area contributed by atoms with Crippen LogP contribution in [0.3, 0.4) is 0 Å². The van der Waals surface area contributed by atoms with Gasteiger partial charge in [0, 0.05) is 13.0 Å². The molecular formula is C18H21NO2. The molecule has 3 heteroatoms. The lowest BCUT2D eigenvalue weighted by Gasteiger charge is -2.06. The second kappa shape index (κ2) is 7.48. The molecule has 0 bridgehead atoms. The number of aryl methyl sites for hydroxylation is 2. The molecule has 2 aromatic carbocycles. The Labute approximate surface area is 125 Å². The van der Waals surface area contributed by atoms with Crippen LogP contribution in [0.5, 0.6) is 5.75 Å². The number of carbonyl (C=O) groups is 1. The molecule has 110 valence electrons. The summed E-state index contributed by atoms with van der Waals surface area (Å²) in [5.41, 5.74) is 3.53. The molecule has 0 aliphatic rings. The molecule has 2 aromatic rings. The highest BCUT2D eigenvalue weighted by Gasteiger charge is 2.02. The van der Waals surface area contributed by atoms with Crippen LogP contribution in [0.15, 0.2) is 48.5 Å². The average molecular weight is 283 g/mol. The Balaban J connectivity index is 1.67. The van der Waals surface area contributed by atoms with Crippen LogP contribution in [0, 0.1) is 6.92 Å². The van der Waals surface area contributed by atoms with Gasteiger partial charge in [0.2, 0.25) is 5.91 Å². The minimum absolute atomic E-state index is 0.0781. The zero-order chi connectivity index (χ0) is 15.1. The lowest BCUT2D eigenvalue weighted by atomic mass is 10.1. The molecule has 0 saturated heterocycles. The quantitative estimate of drug-likeness (QED) is 0.856. The third-order valence-electron chi connectivity index (χ3n) is 3.43. The van der Waals surface area contributed by atoms with E-state index in [2.05, 4.69) is 36.5 Å². The molecule has 0 saturated carbocycles. The minimum atomic E-state index is 0.0781. The molecule has 3 nitrogen and oxygen atoms in total. The summed E-state index contributed by atoms with van der Waals surface area (Å²) in [6.07, 6.45) is 2.06. The molecule has 0 radical (unpaired) electrons. The predicted molar refractivity (Wildman–Crippen MR) is 84.3 cm³/mol. The SMILES string of the molecule is Cc1ccc(CCC(=O)NCCc2ccc(O)cc2)cc1. The van der Waals surface area contributed by atoms with Crippen molar-refractivity contribution in [2.75, 3.05) is 6.54 Å². The summed E-state index contributed by atoms with van der Waals surface area (Å²) in [7, 11) is 0. The second-order valence-electron chi connectivity index (χ2n) is 5.25. The third kappa shape index (κ3) is 5.30. The van der Waals surface area contributed by atoms with E-state index in [-0.39, 0.29) is 11.7 Å².